The summed E-state index contributed by atoms with van der Waals surface area (Å²) in [5.41, 5.74) is 5.53. The molecule has 1 aliphatic rings. The number of carboxylic acid groups (broad SMARTS) is 1. The van der Waals surface area contributed by atoms with Gasteiger partial charge in [0.25, 0.3) is 0 Å². The molecule has 0 bridgehead atoms. The van der Waals surface area contributed by atoms with Crippen LogP contribution in [0.3, 0.4) is 0 Å². The first-order valence-electron chi connectivity index (χ1n) is 11.1. The monoisotopic (exact) mass is 458 g/mol. The van der Waals surface area contributed by atoms with Crippen molar-refractivity contribution in [1.82, 2.24) is 5.32 Å². The highest BCUT2D eigenvalue weighted by Crippen LogP contribution is 2.44. The van der Waals surface area contributed by atoms with Crippen molar-refractivity contribution in [3.05, 3.63) is 89.5 Å². The molecule has 7 nitrogen and oxygen atoms in total. The Labute approximate surface area is 197 Å². The second-order valence-electron chi connectivity index (χ2n) is 8.35. The molecule has 7 heteroatoms. The quantitative estimate of drug-likeness (QED) is 0.459. The molecule has 0 heterocycles. The van der Waals surface area contributed by atoms with E-state index in [2.05, 4.69) is 34.9 Å². The van der Waals surface area contributed by atoms with Gasteiger partial charge in [-0.1, -0.05) is 66.7 Å². The first kappa shape index (κ1) is 23.0. The van der Waals surface area contributed by atoms with E-state index in [9.17, 15) is 14.4 Å². The van der Waals surface area contributed by atoms with Crippen LogP contribution in [-0.4, -0.2) is 35.7 Å². The number of carbonyl (C=O) groups is 3. The summed E-state index contributed by atoms with van der Waals surface area (Å²) in [6.45, 7) is 1.91. The normalized spacial score (nSPS) is 12.9. The fraction of sp³-hybridized carbons (Fsp3) is 0.222. The standard InChI is InChI=1S/C27H26N2O5/c1-17(14-25(30)29-24-13-7-2-8-18(24)15-26(31)32)28-27(33)34-16-23-21-11-5-3-9-19(21)20-10-4-6-12-22(20)23/h2-13,17,23H,14-16H2,1H3,(H,28,33)(H,29,30)(H,31,32). The summed E-state index contributed by atoms with van der Waals surface area (Å²) < 4.78 is 5.53. The summed E-state index contributed by atoms with van der Waals surface area (Å²) in [5, 5.41) is 14.5. The zero-order valence-corrected chi connectivity index (χ0v) is 18.8. The molecule has 1 unspecified atom stereocenters. The van der Waals surface area contributed by atoms with Crippen molar-refractivity contribution in [2.75, 3.05) is 11.9 Å². The van der Waals surface area contributed by atoms with Gasteiger partial charge in [0.2, 0.25) is 5.91 Å². The minimum atomic E-state index is -0.980. The number of ether oxygens (including phenoxy) is 1. The van der Waals surface area contributed by atoms with Crippen molar-refractivity contribution < 1.29 is 24.2 Å². The van der Waals surface area contributed by atoms with Crippen molar-refractivity contribution in [2.45, 2.75) is 31.7 Å². The van der Waals surface area contributed by atoms with Gasteiger partial charge in [0.1, 0.15) is 6.61 Å². The molecule has 0 aliphatic heterocycles. The number of para-hydroxylation sites is 1. The molecule has 3 aromatic carbocycles. The van der Waals surface area contributed by atoms with Gasteiger partial charge < -0.3 is 20.5 Å². The summed E-state index contributed by atoms with van der Waals surface area (Å²) in [4.78, 5) is 35.9. The summed E-state index contributed by atoms with van der Waals surface area (Å²) in [7, 11) is 0. The number of nitrogens with one attached hydrogen (secondary N) is 2. The molecule has 174 valence electrons. The average Bonchev–Trinajstić information content (AvgIpc) is 3.12. The van der Waals surface area contributed by atoms with Crippen LogP contribution in [0.2, 0.25) is 0 Å². The van der Waals surface area contributed by atoms with Crippen molar-refractivity contribution in [3.8, 4) is 11.1 Å². The predicted octanol–water partition coefficient (Wildman–Crippen LogP) is 4.57. The highest BCUT2D eigenvalue weighted by atomic mass is 16.5. The third kappa shape index (κ3) is 5.26. The van der Waals surface area contributed by atoms with Gasteiger partial charge in [-0.2, -0.15) is 0 Å². The number of amides is 2. The molecular weight excluding hydrogens is 432 g/mol. The van der Waals surface area contributed by atoms with E-state index >= 15 is 0 Å². The molecule has 0 fully saturated rings. The second-order valence-corrected chi connectivity index (χ2v) is 8.35. The van der Waals surface area contributed by atoms with Crippen molar-refractivity contribution in [1.29, 1.82) is 0 Å². The van der Waals surface area contributed by atoms with Crippen LogP contribution in [-0.2, 0) is 20.7 Å². The third-order valence-electron chi connectivity index (χ3n) is 5.83. The van der Waals surface area contributed by atoms with Gasteiger partial charge in [-0.05, 0) is 40.8 Å². The molecule has 1 atom stereocenters. The first-order valence-corrected chi connectivity index (χ1v) is 11.1. The highest BCUT2D eigenvalue weighted by Gasteiger charge is 2.29. The Morgan fingerprint density at radius 2 is 1.50 bits per heavy atom. The third-order valence-corrected chi connectivity index (χ3v) is 5.83. The van der Waals surface area contributed by atoms with E-state index in [0.717, 1.165) is 22.3 Å². The minimum absolute atomic E-state index is 0.0194. The van der Waals surface area contributed by atoms with Gasteiger partial charge in [0, 0.05) is 24.1 Å². The van der Waals surface area contributed by atoms with E-state index in [1.165, 1.54) is 0 Å². The average molecular weight is 459 g/mol. The number of anilines is 1. The maximum absolute atomic E-state index is 12.4. The van der Waals surface area contributed by atoms with E-state index in [4.69, 9.17) is 9.84 Å². The predicted molar refractivity (Wildman–Crippen MR) is 129 cm³/mol. The number of hydrogen-bond acceptors (Lipinski definition) is 4. The Hall–Kier alpha value is -4.13. The van der Waals surface area contributed by atoms with E-state index in [-0.39, 0.29) is 31.3 Å². The maximum atomic E-state index is 12.4. The number of rotatable bonds is 8. The number of fused-ring (bicyclic) bond motifs is 3. The molecule has 3 aromatic rings. The minimum Gasteiger partial charge on any atom is -0.481 e. The molecule has 34 heavy (non-hydrogen) atoms. The lowest BCUT2D eigenvalue weighted by molar-refractivity contribution is -0.136. The van der Waals surface area contributed by atoms with Gasteiger partial charge >= 0.3 is 12.1 Å². The van der Waals surface area contributed by atoms with E-state index in [1.807, 2.05) is 24.3 Å². The summed E-state index contributed by atoms with van der Waals surface area (Å²) in [6, 6.07) is 22.5. The topological polar surface area (TPSA) is 105 Å². The van der Waals surface area contributed by atoms with Crippen molar-refractivity contribution in [2.24, 2.45) is 0 Å². The molecule has 0 radical (unpaired) electrons. The van der Waals surface area contributed by atoms with Crippen LogP contribution in [0.25, 0.3) is 11.1 Å². The summed E-state index contributed by atoms with van der Waals surface area (Å²) >= 11 is 0. The molecular formula is C27H26N2O5. The fourth-order valence-electron chi connectivity index (χ4n) is 4.33. The number of carboxylic acids is 1. The van der Waals surface area contributed by atoms with Gasteiger partial charge in [0.05, 0.1) is 6.42 Å². The molecule has 0 saturated carbocycles. The highest BCUT2D eigenvalue weighted by molar-refractivity contribution is 5.92. The molecule has 4 rings (SSSR count). The van der Waals surface area contributed by atoms with E-state index < -0.39 is 18.1 Å². The number of alkyl carbamates (subject to hydrolysis) is 1. The van der Waals surface area contributed by atoms with Crippen molar-refractivity contribution >= 4 is 23.7 Å². The van der Waals surface area contributed by atoms with Crippen molar-refractivity contribution in [3.63, 3.8) is 0 Å². The Balaban J connectivity index is 1.30. The van der Waals surface area contributed by atoms with Crippen LogP contribution >= 0.6 is 0 Å². The number of carbonyl (C=O) groups excluding carboxylic acids is 2. The van der Waals surface area contributed by atoms with Crippen LogP contribution in [0.5, 0.6) is 0 Å². The SMILES string of the molecule is CC(CC(=O)Nc1ccccc1CC(=O)O)NC(=O)OCC1c2ccccc2-c2ccccc21. The number of aliphatic carboxylic acids is 1. The van der Waals surface area contributed by atoms with Crippen LogP contribution in [0.4, 0.5) is 10.5 Å². The smallest absolute Gasteiger partial charge is 0.407 e. The number of hydrogen-bond donors (Lipinski definition) is 3. The zero-order chi connectivity index (χ0) is 24.1. The molecule has 1 aliphatic carbocycles. The Kier molecular flexibility index (Phi) is 6.92. The van der Waals surface area contributed by atoms with Gasteiger partial charge in [0.15, 0.2) is 0 Å². The van der Waals surface area contributed by atoms with Crippen LogP contribution < -0.4 is 10.6 Å². The maximum Gasteiger partial charge on any atom is 0.407 e. The van der Waals surface area contributed by atoms with Gasteiger partial charge in [-0.15, -0.1) is 0 Å². The summed E-state index contributed by atoms with van der Waals surface area (Å²) in [5.74, 6) is -1.35. The van der Waals surface area contributed by atoms with E-state index in [1.54, 1.807) is 31.2 Å². The van der Waals surface area contributed by atoms with Gasteiger partial charge in [-0.3, -0.25) is 9.59 Å². The second kappa shape index (κ2) is 10.2. The lowest BCUT2D eigenvalue weighted by Gasteiger charge is -2.17. The number of benzene rings is 3. The van der Waals surface area contributed by atoms with Gasteiger partial charge in [-0.25, -0.2) is 4.79 Å². The largest absolute Gasteiger partial charge is 0.481 e. The fourth-order valence-corrected chi connectivity index (χ4v) is 4.33. The zero-order valence-electron chi connectivity index (χ0n) is 18.8. The Morgan fingerprint density at radius 3 is 2.15 bits per heavy atom. The Morgan fingerprint density at radius 1 is 0.912 bits per heavy atom. The lowest BCUT2D eigenvalue weighted by Crippen LogP contribution is -2.36. The summed E-state index contributed by atoms with van der Waals surface area (Å²) in [6.07, 6.45) is -0.760. The van der Waals surface area contributed by atoms with E-state index in [0.29, 0.717) is 11.3 Å². The molecule has 3 N–H and O–H groups in total. The molecule has 2 amide bonds. The van der Waals surface area contributed by atoms with Crippen LogP contribution in [0, 0.1) is 0 Å². The van der Waals surface area contributed by atoms with Crippen LogP contribution in [0.1, 0.15) is 36.0 Å². The molecule has 0 aromatic heterocycles. The molecule has 0 saturated heterocycles. The first-order chi connectivity index (χ1) is 16.4. The lowest BCUT2D eigenvalue weighted by atomic mass is 9.98. The molecule has 0 spiro atoms. The Bertz CT molecular complexity index is 1180. The van der Waals surface area contributed by atoms with Crippen LogP contribution in [0.15, 0.2) is 72.8 Å².